The molecule has 7 heteroatoms. The number of carbonyl (C=O) groups excluding carboxylic acids is 2. The monoisotopic (exact) mass is 487 g/mol. The first kappa shape index (κ1) is 20.7. The summed E-state index contributed by atoms with van der Waals surface area (Å²) in [5.74, 6) is -1.35. The van der Waals surface area contributed by atoms with Gasteiger partial charge in [0.1, 0.15) is 5.82 Å². The maximum Gasteiger partial charge on any atom is 0.264 e. The fourth-order valence-electron chi connectivity index (χ4n) is 3.59. The van der Waals surface area contributed by atoms with Gasteiger partial charge in [0.15, 0.2) is 11.4 Å². The van der Waals surface area contributed by atoms with Crippen LogP contribution < -0.4 is 4.90 Å². The summed E-state index contributed by atoms with van der Waals surface area (Å²) in [7, 11) is 0. The van der Waals surface area contributed by atoms with Gasteiger partial charge in [0.05, 0.1) is 18.7 Å². The molecule has 1 heterocycles. The largest absolute Gasteiger partial charge is 0.375 e. The minimum atomic E-state index is -2.00. The highest BCUT2D eigenvalue weighted by molar-refractivity contribution is 9.10. The smallest absolute Gasteiger partial charge is 0.264 e. The molecule has 1 atom stereocenters. The van der Waals surface area contributed by atoms with Gasteiger partial charge in [-0.2, -0.15) is 0 Å². The van der Waals surface area contributed by atoms with Crippen LogP contribution in [0.2, 0.25) is 5.02 Å². The van der Waals surface area contributed by atoms with Gasteiger partial charge in [-0.25, -0.2) is 4.39 Å². The Morgan fingerprint density at radius 3 is 2.40 bits per heavy atom. The maximum absolute atomic E-state index is 13.3. The first-order valence-electron chi connectivity index (χ1n) is 9.15. The van der Waals surface area contributed by atoms with Crippen LogP contribution >= 0.6 is 27.5 Å². The van der Waals surface area contributed by atoms with Gasteiger partial charge in [0.25, 0.3) is 5.91 Å². The highest BCUT2D eigenvalue weighted by atomic mass is 79.9. The van der Waals surface area contributed by atoms with Crippen LogP contribution in [0, 0.1) is 5.82 Å². The van der Waals surface area contributed by atoms with Crippen molar-refractivity contribution in [1.82, 2.24) is 0 Å². The molecule has 0 aliphatic carbocycles. The van der Waals surface area contributed by atoms with Crippen molar-refractivity contribution in [2.24, 2.45) is 0 Å². The van der Waals surface area contributed by atoms with Crippen LogP contribution in [0.1, 0.15) is 27.9 Å². The molecule has 1 N–H and O–H groups in total. The maximum atomic E-state index is 13.3. The number of anilines is 1. The first-order valence-corrected chi connectivity index (χ1v) is 10.3. The molecule has 0 spiro atoms. The molecule has 0 bridgehead atoms. The second-order valence-electron chi connectivity index (χ2n) is 7.15. The van der Waals surface area contributed by atoms with Crippen molar-refractivity contribution in [3.05, 3.63) is 98.7 Å². The number of nitrogens with zero attached hydrogens (tertiary/aromatic N) is 1. The SMILES string of the molecule is O=C(C[C@]1(O)C(=O)N(Cc2ccc(F)cc2)c2ccc(Br)cc21)c1ccc(Cl)cc1. The van der Waals surface area contributed by atoms with E-state index in [1.807, 2.05) is 0 Å². The number of hydrogen-bond donors (Lipinski definition) is 1. The fraction of sp³-hybridized carbons (Fsp3) is 0.130. The van der Waals surface area contributed by atoms with Crippen LogP contribution in [0.15, 0.2) is 71.2 Å². The molecule has 30 heavy (non-hydrogen) atoms. The average Bonchev–Trinajstić information content (AvgIpc) is 2.91. The van der Waals surface area contributed by atoms with E-state index in [1.54, 1.807) is 54.6 Å². The number of halogens is 3. The summed E-state index contributed by atoms with van der Waals surface area (Å²) < 4.78 is 13.9. The van der Waals surface area contributed by atoms with E-state index < -0.39 is 17.9 Å². The molecule has 0 unspecified atom stereocenters. The molecule has 0 saturated heterocycles. The van der Waals surface area contributed by atoms with Crippen LogP contribution in [0.5, 0.6) is 0 Å². The average molecular weight is 489 g/mol. The van der Waals surface area contributed by atoms with Crippen molar-refractivity contribution >= 4 is 44.9 Å². The molecule has 0 radical (unpaired) electrons. The number of hydrogen-bond acceptors (Lipinski definition) is 3. The van der Waals surface area contributed by atoms with E-state index in [9.17, 15) is 19.1 Å². The number of benzene rings is 3. The highest BCUT2D eigenvalue weighted by Crippen LogP contribution is 2.44. The number of amides is 1. The Kier molecular flexibility index (Phi) is 5.49. The minimum Gasteiger partial charge on any atom is -0.375 e. The van der Waals surface area contributed by atoms with E-state index >= 15 is 0 Å². The summed E-state index contributed by atoms with van der Waals surface area (Å²) in [6, 6.07) is 17.2. The van der Waals surface area contributed by atoms with Gasteiger partial charge in [-0.3, -0.25) is 9.59 Å². The molecule has 1 aliphatic heterocycles. The van der Waals surface area contributed by atoms with Gasteiger partial charge >= 0.3 is 0 Å². The van der Waals surface area contributed by atoms with E-state index in [1.165, 1.54) is 17.0 Å². The van der Waals surface area contributed by atoms with Gasteiger partial charge in [0.2, 0.25) is 0 Å². The number of ketones is 1. The van der Waals surface area contributed by atoms with Crippen molar-refractivity contribution in [2.45, 2.75) is 18.6 Å². The quantitative estimate of drug-likeness (QED) is 0.499. The van der Waals surface area contributed by atoms with Gasteiger partial charge in [-0.15, -0.1) is 0 Å². The second kappa shape index (κ2) is 7.95. The predicted molar refractivity (Wildman–Crippen MR) is 116 cm³/mol. The summed E-state index contributed by atoms with van der Waals surface area (Å²) in [5, 5.41) is 11.9. The summed E-state index contributed by atoms with van der Waals surface area (Å²) in [4.78, 5) is 27.6. The molecule has 3 aromatic rings. The Hall–Kier alpha value is -2.54. The molecule has 152 valence electrons. The standard InChI is InChI=1S/C23H16BrClFNO3/c24-16-5-10-20-19(11-16)23(30,12-21(28)15-3-6-17(25)7-4-15)22(29)27(20)13-14-1-8-18(26)9-2-14/h1-11,30H,12-13H2/t23-/m1/s1. The third-order valence-corrected chi connectivity index (χ3v) is 5.88. The predicted octanol–water partition coefficient (Wildman–Crippen LogP) is 5.25. The molecule has 4 nitrogen and oxygen atoms in total. The Morgan fingerprint density at radius 2 is 1.73 bits per heavy atom. The third-order valence-electron chi connectivity index (χ3n) is 5.13. The summed E-state index contributed by atoms with van der Waals surface area (Å²) >= 11 is 9.25. The summed E-state index contributed by atoms with van der Waals surface area (Å²) in [5.41, 5.74) is -0.0816. The molecule has 0 saturated carbocycles. The lowest BCUT2D eigenvalue weighted by Gasteiger charge is -2.23. The number of carbonyl (C=O) groups is 2. The topological polar surface area (TPSA) is 57.6 Å². The van der Waals surface area contributed by atoms with Gasteiger partial charge in [-0.1, -0.05) is 39.7 Å². The number of rotatable bonds is 5. The van der Waals surface area contributed by atoms with E-state index in [2.05, 4.69) is 15.9 Å². The van der Waals surface area contributed by atoms with Crippen LogP contribution in [-0.4, -0.2) is 16.8 Å². The zero-order chi connectivity index (χ0) is 21.5. The Balaban J connectivity index is 1.70. The van der Waals surface area contributed by atoms with Gasteiger partial charge < -0.3 is 10.0 Å². The van der Waals surface area contributed by atoms with E-state index in [-0.39, 0.29) is 18.1 Å². The lowest BCUT2D eigenvalue weighted by atomic mass is 9.88. The van der Waals surface area contributed by atoms with E-state index in [4.69, 9.17) is 11.6 Å². The normalized spacial score (nSPS) is 17.9. The minimum absolute atomic E-state index is 0.144. The molecule has 1 aliphatic rings. The van der Waals surface area contributed by atoms with Crippen molar-refractivity contribution in [1.29, 1.82) is 0 Å². The molecule has 0 aromatic heterocycles. The number of fused-ring (bicyclic) bond motifs is 1. The third kappa shape index (κ3) is 3.78. The molecule has 4 rings (SSSR count). The Labute approximate surface area is 186 Å². The van der Waals surface area contributed by atoms with E-state index in [0.717, 1.165) is 0 Å². The Morgan fingerprint density at radius 1 is 1.07 bits per heavy atom. The van der Waals surface area contributed by atoms with Crippen molar-refractivity contribution in [3.63, 3.8) is 0 Å². The molecule has 0 fully saturated rings. The summed E-state index contributed by atoms with van der Waals surface area (Å²) in [6.07, 6.45) is -0.406. The number of Topliss-reactive ketones (excluding diaryl/α,β-unsaturated/α-hetero) is 1. The fourth-order valence-corrected chi connectivity index (χ4v) is 4.08. The van der Waals surface area contributed by atoms with Gasteiger partial charge in [0, 0.05) is 20.6 Å². The van der Waals surface area contributed by atoms with Crippen LogP contribution in [0.25, 0.3) is 0 Å². The van der Waals surface area contributed by atoms with Crippen molar-refractivity contribution in [2.75, 3.05) is 4.90 Å². The van der Waals surface area contributed by atoms with Crippen LogP contribution in [0.4, 0.5) is 10.1 Å². The van der Waals surface area contributed by atoms with Crippen molar-refractivity contribution < 1.29 is 19.1 Å². The van der Waals surface area contributed by atoms with Crippen LogP contribution in [-0.2, 0) is 16.9 Å². The lowest BCUT2D eigenvalue weighted by molar-refractivity contribution is -0.136. The van der Waals surface area contributed by atoms with Crippen LogP contribution in [0.3, 0.4) is 0 Å². The van der Waals surface area contributed by atoms with Crippen molar-refractivity contribution in [3.8, 4) is 0 Å². The zero-order valence-corrected chi connectivity index (χ0v) is 18.0. The highest BCUT2D eigenvalue weighted by Gasteiger charge is 2.51. The molecular formula is C23H16BrClFNO3. The molecular weight excluding hydrogens is 473 g/mol. The van der Waals surface area contributed by atoms with Gasteiger partial charge in [-0.05, 0) is 60.2 Å². The number of aliphatic hydroxyl groups is 1. The molecule has 1 amide bonds. The Bertz CT molecular complexity index is 1130. The summed E-state index contributed by atoms with van der Waals surface area (Å²) in [6.45, 7) is 0.144. The lowest BCUT2D eigenvalue weighted by Crippen LogP contribution is -2.41. The second-order valence-corrected chi connectivity index (χ2v) is 8.50. The first-order chi connectivity index (χ1) is 14.3. The van der Waals surface area contributed by atoms with E-state index in [0.29, 0.717) is 31.9 Å². The molecule has 3 aromatic carbocycles. The zero-order valence-electron chi connectivity index (χ0n) is 15.6.